The molecule has 0 saturated heterocycles. The molecule has 2 aromatic carbocycles. The molecule has 1 saturated carbocycles. The van der Waals surface area contributed by atoms with E-state index >= 15 is 0 Å². The number of ether oxygens (including phenoxy) is 1. The molecule has 0 atom stereocenters. The van der Waals surface area contributed by atoms with Gasteiger partial charge in [0, 0.05) is 6.04 Å². The van der Waals surface area contributed by atoms with Crippen LogP contribution in [0.3, 0.4) is 0 Å². The third kappa shape index (κ3) is 3.45. The SMILES string of the molecule is COc1ccccc1CCNC1CC(c2ccccc2)C1. The highest BCUT2D eigenvalue weighted by molar-refractivity contribution is 5.33. The second-order valence-electron chi connectivity index (χ2n) is 5.79. The van der Waals surface area contributed by atoms with E-state index in [9.17, 15) is 0 Å². The number of para-hydroxylation sites is 1. The largest absolute Gasteiger partial charge is 0.496 e. The molecular weight excluding hydrogens is 258 g/mol. The van der Waals surface area contributed by atoms with Crippen LogP contribution in [-0.4, -0.2) is 19.7 Å². The van der Waals surface area contributed by atoms with E-state index < -0.39 is 0 Å². The average molecular weight is 281 g/mol. The molecule has 1 aliphatic rings. The lowest BCUT2D eigenvalue weighted by Gasteiger charge is -2.36. The average Bonchev–Trinajstić information content (AvgIpc) is 2.50. The molecule has 1 fully saturated rings. The normalized spacial score (nSPS) is 20.8. The Labute approximate surface area is 127 Å². The molecular formula is C19H23NO. The van der Waals surface area contributed by atoms with Crippen molar-refractivity contribution in [2.45, 2.75) is 31.2 Å². The van der Waals surface area contributed by atoms with Gasteiger partial charge in [0.2, 0.25) is 0 Å². The summed E-state index contributed by atoms with van der Waals surface area (Å²) in [7, 11) is 1.74. The van der Waals surface area contributed by atoms with E-state index in [-0.39, 0.29) is 0 Å². The second-order valence-corrected chi connectivity index (χ2v) is 5.79. The van der Waals surface area contributed by atoms with Crippen molar-refractivity contribution in [2.75, 3.05) is 13.7 Å². The molecule has 21 heavy (non-hydrogen) atoms. The fourth-order valence-electron chi connectivity index (χ4n) is 3.10. The lowest BCUT2D eigenvalue weighted by Crippen LogP contribution is -2.40. The van der Waals surface area contributed by atoms with Crippen LogP contribution in [0.1, 0.15) is 29.9 Å². The number of benzene rings is 2. The topological polar surface area (TPSA) is 21.3 Å². The fourth-order valence-corrected chi connectivity index (χ4v) is 3.10. The van der Waals surface area contributed by atoms with Crippen LogP contribution in [0.25, 0.3) is 0 Å². The van der Waals surface area contributed by atoms with Gasteiger partial charge in [-0.15, -0.1) is 0 Å². The Balaban J connectivity index is 1.42. The summed E-state index contributed by atoms with van der Waals surface area (Å²) in [6.07, 6.45) is 3.54. The smallest absolute Gasteiger partial charge is 0.122 e. The lowest BCUT2D eigenvalue weighted by molar-refractivity contribution is 0.292. The summed E-state index contributed by atoms with van der Waals surface area (Å²) in [6.45, 7) is 1.02. The maximum atomic E-state index is 5.39. The number of hydrogen-bond acceptors (Lipinski definition) is 2. The van der Waals surface area contributed by atoms with Crippen LogP contribution in [0, 0.1) is 0 Å². The highest BCUT2D eigenvalue weighted by atomic mass is 16.5. The molecule has 0 radical (unpaired) electrons. The summed E-state index contributed by atoms with van der Waals surface area (Å²) < 4.78 is 5.39. The summed E-state index contributed by atoms with van der Waals surface area (Å²) in [4.78, 5) is 0. The van der Waals surface area contributed by atoms with E-state index in [0.717, 1.165) is 24.6 Å². The van der Waals surface area contributed by atoms with E-state index in [0.29, 0.717) is 6.04 Å². The highest BCUT2D eigenvalue weighted by Gasteiger charge is 2.29. The quantitative estimate of drug-likeness (QED) is 0.870. The Morgan fingerprint density at radius 1 is 1.00 bits per heavy atom. The van der Waals surface area contributed by atoms with Gasteiger partial charge in [0.05, 0.1) is 7.11 Å². The predicted octanol–water partition coefficient (Wildman–Crippen LogP) is 3.77. The van der Waals surface area contributed by atoms with E-state index in [1.54, 1.807) is 7.11 Å². The van der Waals surface area contributed by atoms with Crippen molar-refractivity contribution in [1.29, 1.82) is 0 Å². The van der Waals surface area contributed by atoms with Crippen molar-refractivity contribution in [2.24, 2.45) is 0 Å². The second kappa shape index (κ2) is 6.77. The van der Waals surface area contributed by atoms with E-state index in [1.165, 1.54) is 24.0 Å². The summed E-state index contributed by atoms with van der Waals surface area (Å²) in [5, 5.41) is 3.66. The Morgan fingerprint density at radius 2 is 1.71 bits per heavy atom. The molecule has 2 heteroatoms. The van der Waals surface area contributed by atoms with Gasteiger partial charge in [0.15, 0.2) is 0 Å². The minimum atomic E-state index is 0.671. The fraction of sp³-hybridized carbons (Fsp3) is 0.368. The number of nitrogens with one attached hydrogen (secondary N) is 1. The molecule has 0 aliphatic heterocycles. The van der Waals surface area contributed by atoms with Gasteiger partial charge in [-0.2, -0.15) is 0 Å². The number of methoxy groups -OCH3 is 1. The molecule has 110 valence electrons. The maximum Gasteiger partial charge on any atom is 0.122 e. The van der Waals surface area contributed by atoms with E-state index in [1.807, 2.05) is 12.1 Å². The predicted molar refractivity (Wildman–Crippen MR) is 86.9 cm³/mol. The van der Waals surface area contributed by atoms with Crippen LogP contribution < -0.4 is 10.1 Å². The molecule has 3 rings (SSSR count). The third-order valence-corrected chi connectivity index (χ3v) is 4.43. The van der Waals surface area contributed by atoms with Crippen molar-refractivity contribution in [3.63, 3.8) is 0 Å². The van der Waals surface area contributed by atoms with Gasteiger partial charge in [-0.3, -0.25) is 0 Å². The van der Waals surface area contributed by atoms with Crippen LogP contribution >= 0.6 is 0 Å². The van der Waals surface area contributed by atoms with Crippen LogP contribution in [0.2, 0.25) is 0 Å². The zero-order valence-corrected chi connectivity index (χ0v) is 12.6. The molecule has 1 aliphatic carbocycles. The van der Waals surface area contributed by atoms with Gasteiger partial charge in [-0.05, 0) is 48.9 Å². The van der Waals surface area contributed by atoms with Crippen LogP contribution in [0.5, 0.6) is 5.75 Å². The van der Waals surface area contributed by atoms with Gasteiger partial charge in [-0.1, -0.05) is 48.5 Å². The Hall–Kier alpha value is -1.80. The van der Waals surface area contributed by atoms with Crippen molar-refractivity contribution in [3.8, 4) is 5.75 Å². The molecule has 0 aromatic heterocycles. The van der Waals surface area contributed by atoms with Crippen molar-refractivity contribution < 1.29 is 4.74 Å². The standard InChI is InChI=1S/C19H23NO/c1-21-19-10-6-5-9-16(19)11-12-20-18-13-17(14-18)15-7-3-2-4-8-15/h2-10,17-18,20H,11-14H2,1H3. The number of rotatable bonds is 6. The minimum absolute atomic E-state index is 0.671. The first-order valence-corrected chi connectivity index (χ1v) is 7.77. The maximum absolute atomic E-state index is 5.39. The highest BCUT2D eigenvalue weighted by Crippen LogP contribution is 2.36. The van der Waals surface area contributed by atoms with Crippen LogP contribution in [0.4, 0.5) is 0 Å². The molecule has 0 bridgehead atoms. The zero-order chi connectivity index (χ0) is 14.5. The Morgan fingerprint density at radius 3 is 2.48 bits per heavy atom. The lowest BCUT2D eigenvalue weighted by atomic mass is 9.76. The van der Waals surface area contributed by atoms with E-state index in [4.69, 9.17) is 4.74 Å². The first-order valence-electron chi connectivity index (χ1n) is 7.77. The summed E-state index contributed by atoms with van der Waals surface area (Å²) in [5.74, 6) is 1.74. The molecule has 0 amide bonds. The van der Waals surface area contributed by atoms with Gasteiger partial charge in [-0.25, -0.2) is 0 Å². The first kappa shape index (κ1) is 14.2. The van der Waals surface area contributed by atoms with E-state index in [2.05, 4.69) is 47.8 Å². The monoisotopic (exact) mass is 281 g/mol. The van der Waals surface area contributed by atoms with Gasteiger partial charge in [0.1, 0.15) is 5.75 Å². The van der Waals surface area contributed by atoms with Crippen molar-refractivity contribution in [1.82, 2.24) is 5.32 Å². The summed E-state index contributed by atoms with van der Waals surface area (Å²) >= 11 is 0. The molecule has 0 spiro atoms. The minimum Gasteiger partial charge on any atom is -0.496 e. The summed E-state index contributed by atoms with van der Waals surface area (Å²) in [6, 6.07) is 19.8. The number of hydrogen-bond donors (Lipinski definition) is 1. The molecule has 0 heterocycles. The van der Waals surface area contributed by atoms with Gasteiger partial charge >= 0.3 is 0 Å². The van der Waals surface area contributed by atoms with Crippen LogP contribution in [0.15, 0.2) is 54.6 Å². The van der Waals surface area contributed by atoms with Crippen molar-refractivity contribution >= 4 is 0 Å². The first-order chi connectivity index (χ1) is 10.4. The molecule has 0 unspecified atom stereocenters. The third-order valence-electron chi connectivity index (χ3n) is 4.43. The van der Waals surface area contributed by atoms with Crippen molar-refractivity contribution in [3.05, 3.63) is 65.7 Å². The Bertz CT molecular complexity index is 561. The molecule has 1 N–H and O–H groups in total. The molecule has 2 nitrogen and oxygen atoms in total. The Kier molecular flexibility index (Phi) is 4.56. The van der Waals surface area contributed by atoms with Crippen LogP contribution in [-0.2, 0) is 6.42 Å². The zero-order valence-electron chi connectivity index (χ0n) is 12.6. The van der Waals surface area contributed by atoms with Gasteiger partial charge in [0.25, 0.3) is 0 Å². The summed E-state index contributed by atoms with van der Waals surface area (Å²) in [5.41, 5.74) is 2.77. The molecule has 2 aromatic rings. The van der Waals surface area contributed by atoms with Gasteiger partial charge < -0.3 is 10.1 Å².